The van der Waals surface area contributed by atoms with Gasteiger partial charge >= 0.3 is 0 Å². The molecule has 1 aromatic carbocycles. The van der Waals surface area contributed by atoms with E-state index in [0.717, 1.165) is 17.7 Å². The smallest absolute Gasteiger partial charge is 0.254 e. The van der Waals surface area contributed by atoms with Gasteiger partial charge in [0.05, 0.1) is 0 Å². The maximum absolute atomic E-state index is 12.7. The molecule has 98 valence electrons. The molecule has 1 amide bonds. The lowest BCUT2D eigenvalue weighted by Crippen LogP contribution is -2.39. The number of benzene rings is 1. The van der Waals surface area contributed by atoms with Crippen LogP contribution in [0, 0.1) is 13.8 Å². The van der Waals surface area contributed by atoms with E-state index < -0.39 is 0 Å². The van der Waals surface area contributed by atoms with Gasteiger partial charge in [0.1, 0.15) is 0 Å². The Hall–Kier alpha value is -1.31. The molecule has 2 heteroatoms. The Labute approximate surface area is 110 Å². The van der Waals surface area contributed by atoms with Gasteiger partial charge in [0, 0.05) is 18.2 Å². The van der Waals surface area contributed by atoms with Crippen LogP contribution in [0.2, 0.25) is 0 Å². The Balaban J connectivity index is 2.25. The molecule has 0 unspecified atom stereocenters. The summed E-state index contributed by atoms with van der Waals surface area (Å²) in [6, 6.07) is 6.47. The molecule has 0 radical (unpaired) electrons. The van der Waals surface area contributed by atoms with Crippen LogP contribution in [-0.2, 0) is 0 Å². The molecule has 0 N–H and O–H groups in total. The van der Waals surface area contributed by atoms with Crippen LogP contribution in [0.5, 0.6) is 0 Å². The average molecular weight is 245 g/mol. The highest BCUT2D eigenvalue weighted by Gasteiger charge is 2.26. The summed E-state index contributed by atoms with van der Waals surface area (Å²) >= 11 is 0. The van der Waals surface area contributed by atoms with Gasteiger partial charge in [-0.05, 0) is 50.8 Å². The number of hydrogen-bond donors (Lipinski definition) is 0. The van der Waals surface area contributed by atoms with E-state index in [4.69, 9.17) is 0 Å². The van der Waals surface area contributed by atoms with Crippen molar-refractivity contribution in [3.63, 3.8) is 0 Å². The largest absolute Gasteiger partial charge is 0.336 e. The summed E-state index contributed by atoms with van der Waals surface area (Å²) < 4.78 is 0. The van der Waals surface area contributed by atoms with Gasteiger partial charge in [0.2, 0.25) is 0 Å². The van der Waals surface area contributed by atoms with Gasteiger partial charge in [-0.2, -0.15) is 0 Å². The van der Waals surface area contributed by atoms with Crippen LogP contribution in [0.4, 0.5) is 0 Å². The van der Waals surface area contributed by atoms with Crippen LogP contribution >= 0.6 is 0 Å². The number of carbonyl (C=O) groups is 1. The summed E-state index contributed by atoms with van der Waals surface area (Å²) in [7, 11) is 0. The monoisotopic (exact) mass is 245 g/mol. The van der Waals surface area contributed by atoms with E-state index in [-0.39, 0.29) is 5.91 Å². The van der Waals surface area contributed by atoms with Crippen molar-refractivity contribution in [3.05, 3.63) is 34.9 Å². The van der Waals surface area contributed by atoms with Gasteiger partial charge in [0.25, 0.3) is 5.91 Å². The van der Waals surface area contributed by atoms with Crippen LogP contribution in [0.1, 0.15) is 54.1 Å². The molecule has 0 saturated heterocycles. The molecule has 1 saturated carbocycles. The standard InChI is InChI=1S/C16H23NO/c1-4-17(14-9-5-6-10-14)16(18)15-11-7-8-12(2)13(15)3/h7-8,11,14H,4-6,9-10H2,1-3H3. The van der Waals surface area contributed by atoms with Crippen molar-refractivity contribution in [1.29, 1.82) is 0 Å². The van der Waals surface area contributed by atoms with E-state index in [9.17, 15) is 4.79 Å². The fourth-order valence-corrected chi connectivity index (χ4v) is 2.92. The van der Waals surface area contributed by atoms with E-state index in [1.807, 2.05) is 19.1 Å². The van der Waals surface area contributed by atoms with Crippen LogP contribution in [0.15, 0.2) is 18.2 Å². The van der Waals surface area contributed by atoms with Crippen molar-refractivity contribution in [2.24, 2.45) is 0 Å². The summed E-state index contributed by atoms with van der Waals surface area (Å²) in [6.45, 7) is 7.02. The predicted molar refractivity (Wildman–Crippen MR) is 74.9 cm³/mol. The lowest BCUT2D eigenvalue weighted by Gasteiger charge is -2.28. The minimum Gasteiger partial charge on any atom is -0.336 e. The van der Waals surface area contributed by atoms with Crippen molar-refractivity contribution in [2.75, 3.05) is 6.54 Å². The van der Waals surface area contributed by atoms with E-state index in [1.165, 1.54) is 31.2 Å². The molecule has 1 aliphatic rings. The first-order valence-corrected chi connectivity index (χ1v) is 7.02. The van der Waals surface area contributed by atoms with Crippen molar-refractivity contribution in [1.82, 2.24) is 4.90 Å². The summed E-state index contributed by atoms with van der Waals surface area (Å²) in [5.74, 6) is 0.214. The molecule has 2 rings (SSSR count). The minimum atomic E-state index is 0.214. The van der Waals surface area contributed by atoms with Crippen molar-refractivity contribution in [2.45, 2.75) is 52.5 Å². The third kappa shape index (κ3) is 2.43. The van der Waals surface area contributed by atoms with Gasteiger partial charge in [-0.25, -0.2) is 0 Å². The van der Waals surface area contributed by atoms with Gasteiger partial charge < -0.3 is 4.90 Å². The number of rotatable bonds is 3. The van der Waals surface area contributed by atoms with Gasteiger partial charge in [0.15, 0.2) is 0 Å². The van der Waals surface area contributed by atoms with E-state index in [0.29, 0.717) is 6.04 Å². The predicted octanol–water partition coefficient (Wildman–Crippen LogP) is 3.71. The first-order valence-electron chi connectivity index (χ1n) is 7.02. The second-order valence-corrected chi connectivity index (χ2v) is 5.28. The fraction of sp³-hybridized carbons (Fsp3) is 0.562. The molecule has 1 aliphatic carbocycles. The molecule has 1 fully saturated rings. The normalized spacial score (nSPS) is 15.9. The Kier molecular flexibility index (Phi) is 4.05. The van der Waals surface area contributed by atoms with Gasteiger partial charge in [-0.15, -0.1) is 0 Å². The highest BCUT2D eigenvalue weighted by Crippen LogP contribution is 2.25. The number of hydrogen-bond acceptors (Lipinski definition) is 1. The Morgan fingerprint density at radius 2 is 1.94 bits per heavy atom. The molecular formula is C16H23NO. The zero-order valence-electron chi connectivity index (χ0n) is 11.7. The Morgan fingerprint density at radius 1 is 1.28 bits per heavy atom. The molecule has 0 atom stereocenters. The van der Waals surface area contributed by atoms with Gasteiger partial charge in [-0.1, -0.05) is 25.0 Å². The average Bonchev–Trinajstić information content (AvgIpc) is 2.87. The molecule has 0 heterocycles. The van der Waals surface area contributed by atoms with E-state index in [2.05, 4.69) is 24.8 Å². The lowest BCUT2D eigenvalue weighted by molar-refractivity contribution is 0.0692. The van der Waals surface area contributed by atoms with Crippen molar-refractivity contribution >= 4 is 5.91 Å². The van der Waals surface area contributed by atoms with E-state index in [1.54, 1.807) is 0 Å². The van der Waals surface area contributed by atoms with Crippen molar-refractivity contribution < 1.29 is 4.79 Å². The molecular weight excluding hydrogens is 222 g/mol. The summed E-state index contributed by atoms with van der Waals surface area (Å²) in [5.41, 5.74) is 3.20. The maximum atomic E-state index is 12.7. The molecule has 0 aromatic heterocycles. The molecule has 2 nitrogen and oxygen atoms in total. The zero-order chi connectivity index (χ0) is 13.1. The Bertz CT molecular complexity index is 433. The molecule has 0 aliphatic heterocycles. The number of aryl methyl sites for hydroxylation is 1. The van der Waals surface area contributed by atoms with Crippen LogP contribution in [-0.4, -0.2) is 23.4 Å². The molecule has 0 bridgehead atoms. The first-order chi connectivity index (χ1) is 8.65. The number of nitrogens with zero attached hydrogens (tertiary/aromatic N) is 1. The number of amides is 1. The van der Waals surface area contributed by atoms with Crippen molar-refractivity contribution in [3.8, 4) is 0 Å². The van der Waals surface area contributed by atoms with Crippen LogP contribution in [0.3, 0.4) is 0 Å². The van der Waals surface area contributed by atoms with Gasteiger partial charge in [-0.3, -0.25) is 4.79 Å². The lowest BCUT2D eigenvalue weighted by atomic mass is 10.0. The summed E-state index contributed by atoms with van der Waals surface area (Å²) in [5, 5.41) is 0. The molecule has 0 spiro atoms. The third-order valence-corrected chi connectivity index (χ3v) is 4.20. The van der Waals surface area contributed by atoms with E-state index >= 15 is 0 Å². The summed E-state index contributed by atoms with van der Waals surface area (Å²) in [6.07, 6.45) is 4.87. The highest BCUT2D eigenvalue weighted by atomic mass is 16.2. The highest BCUT2D eigenvalue weighted by molar-refractivity contribution is 5.96. The fourth-order valence-electron chi connectivity index (χ4n) is 2.92. The number of carbonyl (C=O) groups excluding carboxylic acids is 1. The first kappa shape index (κ1) is 13.1. The second-order valence-electron chi connectivity index (χ2n) is 5.28. The molecule has 1 aromatic rings. The zero-order valence-corrected chi connectivity index (χ0v) is 11.7. The second kappa shape index (κ2) is 5.55. The SMILES string of the molecule is CCN(C(=O)c1cccc(C)c1C)C1CCCC1. The summed E-state index contributed by atoms with van der Waals surface area (Å²) in [4.78, 5) is 14.7. The van der Waals surface area contributed by atoms with Crippen LogP contribution < -0.4 is 0 Å². The quantitative estimate of drug-likeness (QED) is 0.795. The third-order valence-electron chi connectivity index (χ3n) is 4.20. The maximum Gasteiger partial charge on any atom is 0.254 e. The topological polar surface area (TPSA) is 20.3 Å². The molecule has 18 heavy (non-hydrogen) atoms. The minimum absolute atomic E-state index is 0.214. The van der Waals surface area contributed by atoms with Crippen LogP contribution in [0.25, 0.3) is 0 Å². The Morgan fingerprint density at radius 3 is 2.56 bits per heavy atom.